The lowest BCUT2D eigenvalue weighted by atomic mass is 9.83. The fourth-order valence-corrected chi connectivity index (χ4v) is 4.82. The van der Waals surface area contributed by atoms with Gasteiger partial charge in [0.05, 0.1) is 14.9 Å². The van der Waals surface area contributed by atoms with Crippen LogP contribution in [-0.2, 0) is 7.05 Å². The normalized spacial score (nSPS) is 17.3. The summed E-state index contributed by atoms with van der Waals surface area (Å²) in [5.74, 6) is -0.912. The maximum absolute atomic E-state index is 9.29. The van der Waals surface area contributed by atoms with E-state index in [1.807, 2.05) is 56.7 Å². The third kappa shape index (κ3) is 3.13. The van der Waals surface area contributed by atoms with Gasteiger partial charge in [0.25, 0.3) is 0 Å². The number of fused-ring (bicyclic) bond motifs is 3. The third-order valence-electron chi connectivity index (χ3n) is 6.74. The molecule has 1 aliphatic rings. The van der Waals surface area contributed by atoms with Gasteiger partial charge in [0.15, 0.2) is 5.69 Å². The Morgan fingerprint density at radius 1 is 1.00 bits per heavy atom. The van der Waals surface area contributed by atoms with Crippen molar-refractivity contribution in [3.05, 3.63) is 70.2 Å². The molecule has 4 aromatic rings. The van der Waals surface area contributed by atoms with E-state index in [1.165, 1.54) is 0 Å². The van der Waals surface area contributed by atoms with Crippen LogP contribution in [0.1, 0.15) is 64.5 Å². The first-order valence-corrected chi connectivity index (χ1v) is 11.0. The molecule has 0 bridgehead atoms. The van der Waals surface area contributed by atoms with Gasteiger partial charge in [-0.15, -0.1) is 0 Å². The topological polar surface area (TPSA) is 21.4 Å². The average molecular weight is 413 g/mol. The number of rotatable bonds is 2. The minimum Gasteiger partial charge on any atom is -0.466 e. The number of benzene rings is 2. The van der Waals surface area contributed by atoms with Crippen LogP contribution in [0, 0.1) is 27.3 Å². The van der Waals surface area contributed by atoms with Crippen LogP contribution in [0.4, 0.5) is 5.69 Å². The highest BCUT2D eigenvalue weighted by molar-refractivity contribution is 6.13. The second-order valence-electron chi connectivity index (χ2n) is 8.74. The molecule has 0 aliphatic heterocycles. The summed E-state index contributed by atoms with van der Waals surface area (Å²) in [7, 11) is 1.89. The van der Waals surface area contributed by atoms with E-state index in [9.17, 15) is 2.74 Å². The minimum atomic E-state index is -0.912. The summed E-state index contributed by atoms with van der Waals surface area (Å²) in [4.78, 5) is 3.73. The van der Waals surface area contributed by atoms with Crippen molar-refractivity contribution in [2.75, 3.05) is 0 Å². The number of aryl methyl sites for hydroxylation is 2. The number of pyridine rings is 1. The molecule has 2 aromatic carbocycles. The van der Waals surface area contributed by atoms with Crippen molar-refractivity contribution in [1.82, 2.24) is 0 Å². The molecule has 2 aromatic heterocycles. The SMILES string of the molecule is [2H]c1c(C2([2H])CCCCC2)c([2H])c(-c2c(C)ccc3c2oc2c([N+]#[C-])c(C)ccc23)[n+](C)c1C. The summed E-state index contributed by atoms with van der Waals surface area (Å²) in [6.07, 6.45) is 4.37. The second-order valence-corrected chi connectivity index (χ2v) is 8.74. The molecule has 1 fully saturated rings. The van der Waals surface area contributed by atoms with Gasteiger partial charge >= 0.3 is 0 Å². The van der Waals surface area contributed by atoms with Crippen LogP contribution in [0.3, 0.4) is 0 Å². The van der Waals surface area contributed by atoms with Gasteiger partial charge in [-0.1, -0.05) is 43.5 Å². The van der Waals surface area contributed by atoms with Crippen LogP contribution in [0.15, 0.2) is 40.8 Å². The number of nitrogens with zero attached hydrogens (tertiary/aromatic N) is 2. The molecule has 0 unspecified atom stereocenters. The predicted molar refractivity (Wildman–Crippen MR) is 127 cm³/mol. The van der Waals surface area contributed by atoms with E-state index in [0.717, 1.165) is 52.4 Å². The molecule has 5 rings (SSSR count). The van der Waals surface area contributed by atoms with E-state index in [2.05, 4.69) is 4.85 Å². The molecule has 3 heteroatoms. The van der Waals surface area contributed by atoms with E-state index in [-0.39, 0.29) is 6.04 Å². The molecule has 0 saturated heterocycles. The van der Waals surface area contributed by atoms with Gasteiger partial charge in [-0.05, 0) is 49.3 Å². The first-order valence-electron chi connectivity index (χ1n) is 12.5. The van der Waals surface area contributed by atoms with Crippen molar-refractivity contribution >= 4 is 27.6 Å². The standard InChI is InChI=1S/C28H29N2O/c1-17-11-13-22-23-14-12-18(2)26(29-4)28(23)31-27(22)25(17)24-16-21(15-19(3)30(24)5)20-9-7-6-8-10-20/h11-16,20H,6-10H2,1-3,5H3/q+1/i15D,16D,20D. The van der Waals surface area contributed by atoms with Gasteiger partial charge in [-0.3, -0.25) is 0 Å². The van der Waals surface area contributed by atoms with Crippen molar-refractivity contribution < 1.29 is 13.1 Å². The zero-order valence-corrected chi connectivity index (χ0v) is 18.6. The summed E-state index contributed by atoms with van der Waals surface area (Å²) >= 11 is 0. The molecule has 3 nitrogen and oxygen atoms in total. The quantitative estimate of drug-likeness (QED) is 0.245. The highest BCUT2D eigenvalue weighted by atomic mass is 16.3. The first-order chi connectivity index (χ1) is 16.2. The maximum Gasteiger partial charge on any atom is 0.232 e. The fraction of sp³-hybridized carbons (Fsp3) is 0.357. The highest BCUT2D eigenvalue weighted by Crippen LogP contribution is 2.42. The molecule has 1 aliphatic carbocycles. The van der Waals surface area contributed by atoms with Gasteiger partial charge in [-0.25, -0.2) is 4.85 Å². The summed E-state index contributed by atoms with van der Waals surface area (Å²) in [5, 5.41) is 1.80. The van der Waals surface area contributed by atoms with Crippen LogP contribution < -0.4 is 4.57 Å². The van der Waals surface area contributed by atoms with Crippen molar-refractivity contribution in [2.24, 2.45) is 7.05 Å². The molecule has 2 heterocycles. The molecule has 0 amide bonds. The van der Waals surface area contributed by atoms with Gasteiger partial charge in [0, 0.05) is 31.2 Å². The molecule has 0 spiro atoms. The van der Waals surface area contributed by atoms with Crippen LogP contribution in [0.25, 0.3) is 38.0 Å². The zero-order valence-electron chi connectivity index (χ0n) is 21.6. The Labute approximate surface area is 188 Å². The van der Waals surface area contributed by atoms with E-state index >= 15 is 0 Å². The first kappa shape index (κ1) is 16.6. The lowest BCUT2D eigenvalue weighted by molar-refractivity contribution is -0.666. The van der Waals surface area contributed by atoms with E-state index in [4.69, 9.17) is 12.4 Å². The summed E-state index contributed by atoms with van der Waals surface area (Å²) < 4.78 is 35.7. The molecule has 0 N–H and O–H groups in total. The summed E-state index contributed by atoms with van der Waals surface area (Å²) in [6.45, 7) is 13.5. The van der Waals surface area contributed by atoms with Crippen molar-refractivity contribution in [2.45, 2.75) is 58.8 Å². The summed E-state index contributed by atoms with van der Waals surface area (Å²) in [5.41, 5.74) is 6.32. The second kappa shape index (κ2) is 7.54. The Morgan fingerprint density at radius 2 is 1.68 bits per heavy atom. The molecule has 156 valence electrons. The lowest BCUT2D eigenvalue weighted by Gasteiger charge is -2.22. The predicted octanol–water partition coefficient (Wildman–Crippen LogP) is 7.60. The van der Waals surface area contributed by atoms with Gasteiger partial charge in [0.2, 0.25) is 11.4 Å². The molecule has 1 saturated carbocycles. The Morgan fingerprint density at radius 3 is 2.39 bits per heavy atom. The number of furan rings is 1. The Bertz CT molecular complexity index is 1520. The van der Waals surface area contributed by atoms with Crippen molar-refractivity contribution in [1.29, 1.82) is 0 Å². The van der Waals surface area contributed by atoms with Gasteiger partial charge in [-0.2, -0.15) is 4.57 Å². The van der Waals surface area contributed by atoms with E-state index < -0.39 is 5.89 Å². The molecule has 0 radical (unpaired) electrons. The minimum absolute atomic E-state index is 0.243. The zero-order chi connectivity index (χ0) is 24.4. The van der Waals surface area contributed by atoms with E-state index in [1.54, 1.807) is 0 Å². The number of hydrogen-bond donors (Lipinski definition) is 0. The average Bonchev–Trinajstić information content (AvgIpc) is 3.18. The van der Waals surface area contributed by atoms with Crippen molar-refractivity contribution in [3.63, 3.8) is 0 Å². The molecule has 31 heavy (non-hydrogen) atoms. The smallest absolute Gasteiger partial charge is 0.232 e. The van der Waals surface area contributed by atoms with Crippen LogP contribution in [0.5, 0.6) is 0 Å². The number of hydrogen-bond acceptors (Lipinski definition) is 1. The van der Waals surface area contributed by atoms with E-state index in [0.29, 0.717) is 47.0 Å². The maximum atomic E-state index is 9.29. The van der Waals surface area contributed by atoms with Gasteiger partial charge < -0.3 is 4.42 Å². The molecule has 0 atom stereocenters. The van der Waals surface area contributed by atoms with Crippen LogP contribution in [0.2, 0.25) is 0 Å². The lowest BCUT2D eigenvalue weighted by Crippen LogP contribution is -2.35. The third-order valence-corrected chi connectivity index (χ3v) is 6.74. The number of aromatic nitrogens is 1. The molecular weight excluding hydrogens is 380 g/mol. The Kier molecular flexibility index (Phi) is 4.02. The Balaban J connectivity index is 1.90. The van der Waals surface area contributed by atoms with Crippen LogP contribution >= 0.6 is 0 Å². The molecular formula is C28H29N2O+. The monoisotopic (exact) mass is 412 g/mol. The summed E-state index contributed by atoms with van der Waals surface area (Å²) in [6, 6.07) is 8.54. The van der Waals surface area contributed by atoms with Crippen molar-refractivity contribution in [3.8, 4) is 11.3 Å². The highest BCUT2D eigenvalue weighted by Gasteiger charge is 2.26. The van der Waals surface area contributed by atoms with Crippen LogP contribution in [-0.4, -0.2) is 0 Å². The largest absolute Gasteiger partial charge is 0.466 e. The Hall–Kier alpha value is -3.12. The fourth-order valence-electron chi connectivity index (χ4n) is 4.82. The van der Waals surface area contributed by atoms with Gasteiger partial charge in [0.1, 0.15) is 18.2 Å².